The molecule has 2 rings (SSSR count). The first-order valence-electron chi connectivity index (χ1n) is 7.29. The zero-order chi connectivity index (χ0) is 15.2. The van der Waals surface area contributed by atoms with Crippen LogP contribution in [0.1, 0.15) is 18.4 Å². The Morgan fingerprint density at radius 3 is 2.86 bits per heavy atom. The van der Waals surface area contributed by atoms with Crippen LogP contribution in [-0.4, -0.2) is 44.3 Å². The number of nitrogens with zero attached hydrogens (tertiary/aromatic N) is 1. The van der Waals surface area contributed by atoms with E-state index in [1.165, 1.54) is 12.8 Å². The molecule has 0 bridgehead atoms. The standard InChI is InChI=1S/C16H24N2O2S/c1-18(16(19)10-17-9-12-4-5-12)11-13-6-7-15(21-3)14(8-13)20-2/h6-8,12,17H,4-5,9-11H2,1-3H3. The van der Waals surface area contributed by atoms with Gasteiger partial charge in [-0.2, -0.15) is 0 Å². The Labute approximate surface area is 131 Å². The quantitative estimate of drug-likeness (QED) is 0.749. The highest BCUT2D eigenvalue weighted by Gasteiger charge is 2.21. The smallest absolute Gasteiger partial charge is 0.236 e. The van der Waals surface area contributed by atoms with Crippen molar-refractivity contribution < 1.29 is 9.53 Å². The van der Waals surface area contributed by atoms with E-state index >= 15 is 0 Å². The number of carbonyl (C=O) groups excluding carboxylic acids is 1. The van der Waals surface area contributed by atoms with Crippen LogP contribution in [0.3, 0.4) is 0 Å². The van der Waals surface area contributed by atoms with Crippen molar-refractivity contribution in [2.24, 2.45) is 5.92 Å². The number of methoxy groups -OCH3 is 1. The van der Waals surface area contributed by atoms with Crippen LogP contribution in [0.25, 0.3) is 0 Å². The van der Waals surface area contributed by atoms with E-state index < -0.39 is 0 Å². The van der Waals surface area contributed by atoms with Crippen molar-refractivity contribution in [3.05, 3.63) is 23.8 Å². The number of hydrogen-bond acceptors (Lipinski definition) is 4. The van der Waals surface area contributed by atoms with Crippen LogP contribution in [0.4, 0.5) is 0 Å². The van der Waals surface area contributed by atoms with Crippen LogP contribution in [-0.2, 0) is 11.3 Å². The van der Waals surface area contributed by atoms with Crippen LogP contribution in [0.15, 0.2) is 23.1 Å². The molecular weight excluding hydrogens is 284 g/mol. The van der Waals surface area contributed by atoms with Crippen molar-refractivity contribution in [3.8, 4) is 5.75 Å². The predicted octanol–water partition coefficient (Wildman–Crippen LogP) is 2.38. The van der Waals surface area contributed by atoms with Crippen molar-refractivity contribution in [1.29, 1.82) is 0 Å². The lowest BCUT2D eigenvalue weighted by Gasteiger charge is -2.18. The summed E-state index contributed by atoms with van der Waals surface area (Å²) in [5.74, 6) is 1.79. The first-order chi connectivity index (χ1) is 10.1. The molecule has 0 aromatic heterocycles. The molecule has 0 radical (unpaired) electrons. The van der Waals surface area contributed by atoms with Gasteiger partial charge in [-0.3, -0.25) is 4.79 Å². The van der Waals surface area contributed by atoms with Gasteiger partial charge >= 0.3 is 0 Å². The van der Waals surface area contributed by atoms with E-state index in [9.17, 15) is 4.79 Å². The van der Waals surface area contributed by atoms with Gasteiger partial charge in [0.25, 0.3) is 0 Å². The third-order valence-corrected chi connectivity index (χ3v) is 4.48. The number of benzene rings is 1. The second-order valence-electron chi connectivity index (χ2n) is 5.51. The molecule has 1 fully saturated rings. The van der Waals surface area contributed by atoms with Crippen LogP contribution < -0.4 is 10.1 Å². The van der Waals surface area contributed by atoms with Gasteiger partial charge in [0.2, 0.25) is 5.91 Å². The van der Waals surface area contributed by atoms with E-state index in [0.717, 1.165) is 28.7 Å². The normalized spacial score (nSPS) is 14.0. The van der Waals surface area contributed by atoms with Gasteiger partial charge in [-0.15, -0.1) is 11.8 Å². The summed E-state index contributed by atoms with van der Waals surface area (Å²) in [7, 11) is 3.52. The van der Waals surface area contributed by atoms with Crippen LogP contribution >= 0.6 is 11.8 Å². The Morgan fingerprint density at radius 1 is 1.48 bits per heavy atom. The minimum atomic E-state index is 0.128. The molecule has 0 atom stereocenters. The van der Waals surface area contributed by atoms with Gasteiger partial charge in [0.05, 0.1) is 13.7 Å². The van der Waals surface area contributed by atoms with E-state index in [0.29, 0.717) is 13.1 Å². The van der Waals surface area contributed by atoms with Crippen molar-refractivity contribution in [3.63, 3.8) is 0 Å². The zero-order valence-corrected chi connectivity index (χ0v) is 13.8. The monoisotopic (exact) mass is 308 g/mol. The molecule has 21 heavy (non-hydrogen) atoms. The molecule has 1 N–H and O–H groups in total. The van der Waals surface area contributed by atoms with E-state index in [2.05, 4.69) is 11.4 Å². The number of hydrogen-bond donors (Lipinski definition) is 1. The van der Waals surface area contributed by atoms with E-state index in [-0.39, 0.29) is 5.91 Å². The summed E-state index contributed by atoms with van der Waals surface area (Å²) in [5, 5.41) is 3.24. The number of rotatable bonds is 8. The number of amides is 1. The fraction of sp³-hybridized carbons (Fsp3) is 0.562. The van der Waals surface area contributed by atoms with Crippen molar-refractivity contribution in [1.82, 2.24) is 10.2 Å². The summed E-state index contributed by atoms with van der Waals surface area (Å²) >= 11 is 1.66. The molecular formula is C16H24N2O2S. The van der Waals surface area contributed by atoms with E-state index in [4.69, 9.17) is 4.74 Å². The molecule has 1 aliphatic rings. The summed E-state index contributed by atoms with van der Waals surface area (Å²) < 4.78 is 5.38. The fourth-order valence-corrected chi connectivity index (χ4v) is 2.73. The van der Waals surface area contributed by atoms with Crippen molar-refractivity contribution in [2.45, 2.75) is 24.3 Å². The molecule has 0 saturated heterocycles. The number of likely N-dealkylation sites (N-methyl/N-ethyl adjacent to an activating group) is 1. The lowest BCUT2D eigenvalue weighted by atomic mass is 10.2. The maximum atomic E-state index is 12.1. The Kier molecular flexibility index (Phi) is 5.94. The summed E-state index contributed by atoms with van der Waals surface area (Å²) in [6, 6.07) is 6.10. The van der Waals surface area contributed by atoms with Gasteiger partial charge in [0, 0.05) is 18.5 Å². The Bertz CT molecular complexity index is 489. The Balaban J connectivity index is 1.85. The van der Waals surface area contributed by atoms with Crippen LogP contribution in [0.2, 0.25) is 0 Å². The molecule has 116 valence electrons. The minimum Gasteiger partial charge on any atom is -0.496 e. The highest BCUT2D eigenvalue weighted by Crippen LogP contribution is 2.29. The summed E-state index contributed by atoms with van der Waals surface area (Å²) in [6.07, 6.45) is 4.63. The van der Waals surface area contributed by atoms with Crippen molar-refractivity contribution >= 4 is 17.7 Å². The highest BCUT2D eigenvalue weighted by atomic mass is 32.2. The lowest BCUT2D eigenvalue weighted by Crippen LogP contribution is -2.35. The molecule has 4 nitrogen and oxygen atoms in total. The van der Waals surface area contributed by atoms with Gasteiger partial charge in [-0.1, -0.05) is 6.07 Å². The third kappa shape index (κ3) is 4.93. The molecule has 0 spiro atoms. The second kappa shape index (κ2) is 7.71. The lowest BCUT2D eigenvalue weighted by molar-refractivity contribution is -0.129. The van der Waals surface area contributed by atoms with Gasteiger partial charge in [-0.05, 0) is 49.3 Å². The predicted molar refractivity (Wildman–Crippen MR) is 86.8 cm³/mol. The number of carbonyl (C=O) groups is 1. The summed E-state index contributed by atoms with van der Waals surface area (Å²) in [6.45, 7) is 2.00. The van der Waals surface area contributed by atoms with Crippen LogP contribution in [0.5, 0.6) is 5.75 Å². The molecule has 1 saturated carbocycles. The maximum Gasteiger partial charge on any atom is 0.236 e. The average Bonchev–Trinajstić information content (AvgIpc) is 3.31. The fourth-order valence-electron chi connectivity index (χ4n) is 2.18. The number of thioether (sulfide) groups is 1. The third-order valence-electron chi connectivity index (χ3n) is 3.70. The van der Waals surface area contributed by atoms with E-state index in [1.54, 1.807) is 23.8 Å². The van der Waals surface area contributed by atoms with Gasteiger partial charge in [0.1, 0.15) is 5.75 Å². The molecule has 0 aliphatic heterocycles. The zero-order valence-electron chi connectivity index (χ0n) is 13.0. The first-order valence-corrected chi connectivity index (χ1v) is 8.52. The molecule has 1 amide bonds. The highest BCUT2D eigenvalue weighted by molar-refractivity contribution is 7.98. The molecule has 1 aromatic rings. The SMILES string of the molecule is COc1cc(CN(C)C(=O)CNCC2CC2)ccc1SC. The topological polar surface area (TPSA) is 41.6 Å². The molecule has 0 unspecified atom stereocenters. The summed E-state index contributed by atoms with van der Waals surface area (Å²) in [4.78, 5) is 14.9. The Hall–Kier alpha value is -1.20. The van der Waals surface area contributed by atoms with Crippen LogP contribution in [0, 0.1) is 5.92 Å². The number of ether oxygens (including phenoxy) is 1. The molecule has 0 heterocycles. The number of nitrogens with one attached hydrogen (secondary N) is 1. The van der Waals surface area contributed by atoms with Gasteiger partial charge < -0.3 is 15.0 Å². The molecule has 1 aromatic carbocycles. The maximum absolute atomic E-state index is 12.1. The second-order valence-corrected chi connectivity index (χ2v) is 6.36. The van der Waals surface area contributed by atoms with Crippen molar-refractivity contribution in [2.75, 3.05) is 33.5 Å². The molecule has 5 heteroatoms. The largest absolute Gasteiger partial charge is 0.496 e. The van der Waals surface area contributed by atoms with Gasteiger partial charge in [-0.25, -0.2) is 0 Å². The first kappa shape index (κ1) is 16.2. The Morgan fingerprint density at radius 2 is 2.24 bits per heavy atom. The average molecular weight is 308 g/mol. The minimum absolute atomic E-state index is 0.128. The molecule has 1 aliphatic carbocycles. The van der Waals surface area contributed by atoms with Gasteiger partial charge in [0.15, 0.2) is 0 Å². The van der Waals surface area contributed by atoms with E-state index in [1.807, 2.05) is 25.4 Å². The summed E-state index contributed by atoms with van der Waals surface area (Å²) in [5.41, 5.74) is 1.09.